The molecule has 0 radical (unpaired) electrons. The molecule has 14 nitrogen and oxygen atoms in total. The van der Waals surface area contributed by atoms with Gasteiger partial charge in [0.15, 0.2) is 5.75 Å². The molecule has 6 rings (SSSR count). The van der Waals surface area contributed by atoms with Crippen molar-refractivity contribution < 1.29 is 53.8 Å². The summed E-state index contributed by atoms with van der Waals surface area (Å²) < 4.78 is 25.5. The maximum absolute atomic E-state index is 14.6. The number of imidazole rings is 1. The fourth-order valence-electron chi connectivity index (χ4n) is 8.03. The molecule has 304 valence electrons. The van der Waals surface area contributed by atoms with Gasteiger partial charge in [-0.25, -0.2) is 4.98 Å². The first-order chi connectivity index (χ1) is 26.8. The normalized spacial score (nSPS) is 29.4. The maximum Gasteiger partial charge on any atom is 0.312 e. The Kier molecular flexibility index (Phi) is 11.2. The number of nitrogens with zero attached hydrogens (tertiary/aromatic N) is 2. The summed E-state index contributed by atoms with van der Waals surface area (Å²) in [6.07, 6.45) is 5.62. The van der Waals surface area contributed by atoms with Gasteiger partial charge in [-0.1, -0.05) is 45.9 Å². The van der Waals surface area contributed by atoms with Gasteiger partial charge in [0.2, 0.25) is 0 Å². The van der Waals surface area contributed by atoms with Gasteiger partial charge < -0.3 is 44.7 Å². The smallest absolute Gasteiger partial charge is 0.312 e. The van der Waals surface area contributed by atoms with Crippen LogP contribution in [-0.2, 0) is 23.8 Å². The number of aryl methyl sites for hydroxylation is 1. The number of ether oxygens (including phenoxy) is 4. The number of fused-ring (bicyclic) bond motifs is 2. The highest BCUT2D eigenvalue weighted by atomic mass is 16.7. The van der Waals surface area contributed by atoms with Crippen LogP contribution in [0.15, 0.2) is 54.5 Å². The molecular formula is C43H51N3O11. The third-order valence-electron chi connectivity index (χ3n) is 11.5. The Hall–Kier alpha value is -5.44. The molecule has 2 aromatic heterocycles. The molecule has 0 fully saturated rings. The van der Waals surface area contributed by atoms with Crippen LogP contribution in [0, 0.1) is 37.5 Å². The van der Waals surface area contributed by atoms with Crippen molar-refractivity contribution in [3.05, 3.63) is 71.2 Å². The second kappa shape index (κ2) is 15.5. The Bertz CT molecular complexity index is 2380. The van der Waals surface area contributed by atoms with Gasteiger partial charge in [-0.05, 0) is 44.5 Å². The second-order valence-corrected chi connectivity index (χ2v) is 15.6. The number of ketones is 1. The van der Waals surface area contributed by atoms with Gasteiger partial charge >= 0.3 is 11.8 Å². The highest BCUT2D eigenvalue weighted by Crippen LogP contribution is 2.54. The molecule has 57 heavy (non-hydrogen) atoms. The molecule has 0 saturated heterocycles. The maximum atomic E-state index is 14.6. The summed E-state index contributed by atoms with van der Waals surface area (Å²) in [4.78, 5) is 45.6. The number of carbonyl (C=O) groups is 3. The lowest BCUT2D eigenvalue weighted by atomic mass is 9.78. The van der Waals surface area contributed by atoms with Crippen molar-refractivity contribution in [3.8, 4) is 17.2 Å². The van der Waals surface area contributed by atoms with Crippen molar-refractivity contribution in [2.45, 2.75) is 92.5 Å². The lowest BCUT2D eigenvalue weighted by molar-refractivity contribution is -0.160. The Morgan fingerprint density at radius 1 is 0.982 bits per heavy atom. The number of phenolic OH excluding ortho intramolecular Hbond substituents is 2. The first-order valence-electron chi connectivity index (χ1n) is 19.0. The molecule has 2 aliphatic heterocycles. The zero-order valence-electron chi connectivity index (χ0n) is 33.8. The molecular weight excluding hydrogens is 734 g/mol. The van der Waals surface area contributed by atoms with E-state index in [-0.39, 0.29) is 55.7 Å². The van der Waals surface area contributed by atoms with E-state index >= 15 is 0 Å². The zero-order valence-corrected chi connectivity index (χ0v) is 33.8. The number of hydrogen-bond donors (Lipinski definition) is 5. The number of nitrogens with one attached hydrogen (secondary N) is 1. The molecule has 2 aromatic carbocycles. The van der Waals surface area contributed by atoms with Gasteiger partial charge in [0.25, 0.3) is 11.7 Å². The lowest BCUT2D eigenvalue weighted by Crippen LogP contribution is -2.46. The lowest BCUT2D eigenvalue weighted by Gasteiger charge is -2.38. The van der Waals surface area contributed by atoms with Gasteiger partial charge in [-0.15, -0.1) is 0 Å². The minimum Gasteiger partial charge on any atom is -0.507 e. The molecule has 0 unspecified atom stereocenters. The Morgan fingerprint density at radius 2 is 1.68 bits per heavy atom. The van der Waals surface area contributed by atoms with Crippen molar-refractivity contribution in [3.63, 3.8) is 0 Å². The van der Waals surface area contributed by atoms with Crippen molar-refractivity contribution >= 4 is 50.8 Å². The molecule has 14 heteroatoms. The minimum absolute atomic E-state index is 0.0185. The summed E-state index contributed by atoms with van der Waals surface area (Å²) in [5, 5.41) is 49.4. The summed E-state index contributed by atoms with van der Waals surface area (Å²) in [6.45, 7) is 14.7. The van der Waals surface area contributed by atoms with Gasteiger partial charge in [0, 0.05) is 67.3 Å². The number of Topliss-reactive ketones (excluding diaryl/α,β-unsaturated/α-hetero) is 1. The highest BCUT2D eigenvalue weighted by molar-refractivity contribution is 6.28. The molecule has 0 saturated carbocycles. The molecule has 4 aromatic rings. The number of aliphatic hydroxyl groups is 2. The molecule has 9 atom stereocenters. The Morgan fingerprint density at radius 3 is 2.35 bits per heavy atom. The molecule has 1 amide bonds. The number of aromatic nitrogens is 2. The first kappa shape index (κ1) is 41.2. The predicted octanol–water partition coefficient (Wildman–Crippen LogP) is 6.16. The van der Waals surface area contributed by atoms with E-state index < -0.39 is 77.3 Å². The molecule has 2 aliphatic rings. The number of esters is 1. The summed E-state index contributed by atoms with van der Waals surface area (Å²) in [6, 6.07) is 3.64. The summed E-state index contributed by atoms with van der Waals surface area (Å²) in [7, 11) is 1.46. The number of methoxy groups -OCH3 is 1. The van der Waals surface area contributed by atoms with Crippen LogP contribution in [-0.4, -0.2) is 84.8 Å². The number of allylic oxidation sites excluding steroid dienone is 2. The number of hydrogen-bond acceptors (Lipinski definition) is 12. The van der Waals surface area contributed by atoms with Gasteiger partial charge in [-0.3, -0.25) is 18.8 Å². The molecule has 4 bridgehead atoms. The van der Waals surface area contributed by atoms with Crippen molar-refractivity contribution in [2.24, 2.45) is 23.7 Å². The van der Waals surface area contributed by atoms with Gasteiger partial charge in [0.05, 0.1) is 35.5 Å². The van der Waals surface area contributed by atoms with E-state index in [9.17, 15) is 34.8 Å². The van der Waals surface area contributed by atoms with Crippen LogP contribution in [0.25, 0.3) is 27.5 Å². The number of phenols is 2. The number of carbonyl (C=O) groups excluding carboxylic acids is 3. The summed E-state index contributed by atoms with van der Waals surface area (Å²) in [5.41, 5.74) is 2.18. The first-order valence-corrected chi connectivity index (χ1v) is 19.0. The molecule has 0 aliphatic carbocycles. The Balaban J connectivity index is 1.58. The molecule has 0 spiro atoms. The SMILES string of the molecule is CO[C@H]1/C=C/O[C@@]2(C)Oc3c(C)c(O)c4c(O)c(c5c(nc6cc(C)ccn65)c4c3C2=O)NC(=O)C(C)=CC=C[C@H](C)[C@H](O)[C@@H](C)[C@@H](O)[C@@H](C)[C@H](OC(C)=O)[C@@H]1C. The quantitative estimate of drug-likeness (QED) is 0.115. The predicted molar refractivity (Wildman–Crippen MR) is 213 cm³/mol. The number of rotatable bonds is 2. The highest BCUT2D eigenvalue weighted by Gasteiger charge is 2.50. The van der Waals surface area contributed by atoms with Crippen LogP contribution >= 0.6 is 0 Å². The second-order valence-electron chi connectivity index (χ2n) is 15.6. The van der Waals surface area contributed by atoms with Crippen LogP contribution in [0.3, 0.4) is 0 Å². The van der Waals surface area contributed by atoms with Crippen LogP contribution < -0.4 is 10.1 Å². The fourth-order valence-corrected chi connectivity index (χ4v) is 8.03. The van der Waals surface area contributed by atoms with Crippen LogP contribution in [0.2, 0.25) is 0 Å². The summed E-state index contributed by atoms with van der Waals surface area (Å²) >= 11 is 0. The van der Waals surface area contributed by atoms with Gasteiger partial charge in [0.1, 0.15) is 40.0 Å². The monoisotopic (exact) mass is 785 g/mol. The number of aliphatic hydroxyl groups excluding tert-OH is 2. The average Bonchev–Trinajstić information content (AvgIpc) is 3.67. The van der Waals surface area contributed by atoms with E-state index in [0.29, 0.717) is 5.65 Å². The topological polar surface area (TPSA) is 198 Å². The minimum atomic E-state index is -1.96. The fraction of sp³-hybridized carbons (Fsp3) is 0.442. The van der Waals surface area contributed by atoms with E-state index in [4.69, 9.17) is 23.9 Å². The van der Waals surface area contributed by atoms with Crippen molar-refractivity contribution in [1.29, 1.82) is 0 Å². The third kappa shape index (κ3) is 7.10. The standard InChI is InChI=1S/C43H51N3O11/c1-19-14-16-46-28(18-19)44-32-29-30-37(50)25(7)40-31(29)41(52)43(9,57-40)55-17-15-27(54-10)22(4)39(56-26(8)47)24(6)36(49)23(5)35(48)20(2)12-11-13-21(3)42(53)45-33(34(32)46)38(30)51/h11-18,20,22-24,27,35-36,39,48-51H,1-10H3,(H,45,53)/b12-11?,17-15+,21-13?/t20-,22+,23+,24+,27-,35-,36+,39+,43-/m0/s1. The van der Waals surface area contributed by atoms with Crippen LogP contribution in [0.4, 0.5) is 5.69 Å². The number of amides is 1. The number of aromatic hydroxyl groups is 2. The number of pyridine rings is 1. The zero-order chi connectivity index (χ0) is 41.8. The van der Waals surface area contributed by atoms with E-state index in [1.54, 1.807) is 63.4 Å². The van der Waals surface area contributed by atoms with Crippen molar-refractivity contribution in [2.75, 3.05) is 12.4 Å². The van der Waals surface area contributed by atoms with Crippen LogP contribution in [0.5, 0.6) is 17.2 Å². The number of anilines is 1. The molecule has 5 N–H and O–H groups in total. The van der Waals surface area contributed by atoms with Crippen molar-refractivity contribution in [1.82, 2.24) is 9.38 Å². The largest absolute Gasteiger partial charge is 0.507 e. The Labute approximate surface area is 330 Å². The van der Waals surface area contributed by atoms with Gasteiger partial charge in [-0.2, -0.15) is 0 Å². The summed E-state index contributed by atoms with van der Waals surface area (Å²) in [5.74, 6) is -6.96. The van der Waals surface area contributed by atoms with E-state index in [2.05, 4.69) is 5.32 Å². The van der Waals surface area contributed by atoms with Crippen LogP contribution in [0.1, 0.15) is 70.0 Å². The average molecular weight is 786 g/mol. The van der Waals surface area contributed by atoms with E-state index in [1.807, 2.05) is 19.1 Å². The molecule has 4 heterocycles. The van der Waals surface area contributed by atoms with E-state index in [0.717, 1.165) is 5.56 Å². The third-order valence-corrected chi connectivity index (χ3v) is 11.5. The number of benzene rings is 2. The van der Waals surface area contributed by atoms with E-state index in [1.165, 1.54) is 40.2 Å².